The lowest BCUT2D eigenvalue weighted by Crippen LogP contribution is -1.94. The molecule has 0 fully saturated rings. The predicted molar refractivity (Wildman–Crippen MR) is 81.0 cm³/mol. The van der Waals surface area contributed by atoms with Crippen molar-refractivity contribution in [2.75, 3.05) is 0 Å². The summed E-state index contributed by atoms with van der Waals surface area (Å²) in [5.74, 6) is 0. The van der Waals surface area contributed by atoms with Crippen molar-refractivity contribution in [1.82, 2.24) is 4.57 Å². The fourth-order valence-corrected chi connectivity index (χ4v) is 2.49. The molecule has 1 rings (SSSR count). The Morgan fingerprint density at radius 3 is 2.17 bits per heavy atom. The quantitative estimate of drug-likeness (QED) is 0.451. The van der Waals surface area contributed by atoms with E-state index in [1.54, 1.807) is 0 Å². The van der Waals surface area contributed by atoms with Crippen molar-refractivity contribution in [3.05, 3.63) is 24.0 Å². The third-order valence-electron chi connectivity index (χ3n) is 3.62. The van der Waals surface area contributed by atoms with Crippen LogP contribution in [0.2, 0.25) is 0 Å². The third-order valence-corrected chi connectivity index (χ3v) is 3.62. The summed E-state index contributed by atoms with van der Waals surface area (Å²) in [6, 6.07) is 2.27. The van der Waals surface area contributed by atoms with Crippen LogP contribution < -0.4 is 0 Å². The largest absolute Gasteiger partial charge is 0.354 e. The normalized spacial score (nSPS) is 11.0. The summed E-state index contributed by atoms with van der Waals surface area (Å²) in [4.78, 5) is 0. The summed E-state index contributed by atoms with van der Waals surface area (Å²) in [5.41, 5.74) is 1.50. The zero-order chi connectivity index (χ0) is 13.1. The monoisotopic (exact) mass is 249 g/mol. The second kappa shape index (κ2) is 10.2. The van der Waals surface area contributed by atoms with Gasteiger partial charge < -0.3 is 4.57 Å². The zero-order valence-corrected chi connectivity index (χ0v) is 12.5. The van der Waals surface area contributed by atoms with Crippen molar-refractivity contribution in [1.29, 1.82) is 0 Å². The Morgan fingerprint density at radius 1 is 0.833 bits per heavy atom. The maximum absolute atomic E-state index is 2.36. The van der Waals surface area contributed by atoms with Crippen LogP contribution in [0.4, 0.5) is 0 Å². The van der Waals surface area contributed by atoms with Gasteiger partial charge >= 0.3 is 0 Å². The van der Waals surface area contributed by atoms with Crippen LogP contribution in [0.15, 0.2) is 18.5 Å². The van der Waals surface area contributed by atoms with Crippen LogP contribution in [-0.2, 0) is 13.0 Å². The second-order valence-corrected chi connectivity index (χ2v) is 5.48. The van der Waals surface area contributed by atoms with Crippen LogP contribution in [-0.4, -0.2) is 4.57 Å². The highest BCUT2D eigenvalue weighted by Crippen LogP contribution is 2.10. The number of hydrogen-bond donors (Lipinski definition) is 0. The minimum Gasteiger partial charge on any atom is -0.354 e. The van der Waals surface area contributed by atoms with E-state index in [-0.39, 0.29) is 0 Å². The molecule has 1 heterocycles. The average molecular weight is 249 g/mol. The molecular weight excluding hydrogens is 218 g/mol. The van der Waals surface area contributed by atoms with Gasteiger partial charge in [0.25, 0.3) is 0 Å². The van der Waals surface area contributed by atoms with Gasteiger partial charge in [0.05, 0.1) is 0 Å². The van der Waals surface area contributed by atoms with Gasteiger partial charge in [0, 0.05) is 18.9 Å². The molecule has 0 amide bonds. The smallest absolute Gasteiger partial charge is 0.0219 e. The van der Waals surface area contributed by atoms with Crippen molar-refractivity contribution in [3.8, 4) is 0 Å². The molecule has 0 aromatic carbocycles. The van der Waals surface area contributed by atoms with Crippen molar-refractivity contribution < 1.29 is 0 Å². The van der Waals surface area contributed by atoms with E-state index in [1.807, 2.05) is 0 Å². The zero-order valence-electron chi connectivity index (χ0n) is 12.5. The molecule has 0 aliphatic heterocycles. The Labute approximate surface area is 114 Å². The first-order chi connectivity index (χ1) is 8.86. The van der Waals surface area contributed by atoms with E-state index in [0.717, 1.165) is 0 Å². The summed E-state index contributed by atoms with van der Waals surface area (Å²) in [6.07, 6.45) is 18.3. The lowest BCUT2D eigenvalue weighted by atomic mass is 10.1. The molecule has 0 saturated carbocycles. The van der Waals surface area contributed by atoms with Gasteiger partial charge in [0.2, 0.25) is 0 Å². The van der Waals surface area contributed by atoms with E-state index < -0.39 is 0 Å². The van der Waals surface area contributed by atoms with Crippen LogP contribution in [0.5, 0.6) is 0 Å². The van der Waals surface area contributed by atoms with Gasteiger partial charge in [-0.15, -0.1) is 0 Å². The molecule has 18 heavy (non-hydrogen) atoms. The molecule has 0 bridgehead atoms. The van der Waals surface area contributed by atoms with Crippen molar-refractivity contribution in [3.63, 3.8) is 0 Å². The van der Waals surface area contributed by atoms with E-state index in [9.17, 15) is 0 Å². The lowest BCUT2D eigenvalue weighted by molar-refractivity contribution is 0.544. The number of rotatable bonds is 11. The average Bonchev–Trinajstić information content (AvgIpc) is 2.81. The van der Waals surface area contributed by atoms with Gasteiger partial charge in [0.1, 0.15) is 0 Å². The van der Waals surface area contributed by atoms with Crippen LogP contribution in [0.25, 0.3) is 0 Å². The van der Waals surface area contributed by atoms with E-state index in [2.05, 4.69) is 36.9 Å². The summed E-state index contributed by atoms with van der Waals surface area (Å²) in [6.45, 7) is 5.73. The van der Waals surface area contributed by atoms with Crippen molar-refractivity contribution in [2.45, 2.75) is 84.6 Å². The maximum Gasteiger partial charge on any atom is 0.0219 e. The predicted octanol–water partition coefficient (Wildman–Crippen LogP) is 5.58. The molecule has 1 heteroatoms. The van der Waals surface area contributed by atoms with E-state index in [1.165, 1.54) is 76.3 Å². The SMILES string of the molecule is CCCCCCCCCCn1ccc(CCC)c1. The third kappa shape index (κ3) is 6.88. The highest BCUT2D eigenvalue weighted by atomic mass is 14.9. The van der Waals surface area contributed by atoms with Gasteiger partial charge in [-0.25, -0.2) is 0 Å². The first kappa shape index (κ1) is 15.3. The minimum absolute atomic E-state index is 1.21. The van der Waals surface area contributed by atoms with Gasteiger partial charge in [-0.05, 0) is 24.5 Å². The van der Waals surface area contributed by atoms with Crippen molar-refractivity contribution >= 4 is 0 Å². The lowest BCUT2D eigenvalue weighted by Gasteiger charge is -2.03. The number of aromatic nitrogens is 1. The Balaban J connectivity index is 1.96. The highest BCUT2D eigenvalue weighted by Gasteiger charge is 1.96. The van der Waals surface area contributed by atoms with E-state index in [4.69, 9.17) is 0 Å². The molecule has 1 aromatic heterocycles. The minimum atomic E-state index is 1.21. The highest BCUT2D eigenvalue weighted by molar-refractivity contribution is 5.10. The van der Waals surface area contributed by atoms with Gasteiger partial charge in [0.15, 0.2) is 0 Å². The Kier molecular flexibility index (Phi) is 8.71. The molecule has 0 radical (unpaired) electrons. The molecule has 0 spiro atoms. The molecule has 0 atom stereocenters. The molecule has 0 N–H and O–H groups in total. The van der Waals surface area contributed by atoms with Crippen LogP contribution in [0, 0.1) is 0 Å². The molecular formula is C17H31N. The second-order valence-electron chi connectivity index (χ2n) is 5.48. The van der Waals surface area contributed by atoms with Crippen LogP contribution in [0.1, 0.15) is 77.2 Å². The Morgan fingerprint density at radius 2 is 1.50 bits per heavy atom. The summed E-state index contributed by atoms with van der Waals surface area (Å²) >= 11 is 0. The molecule has 0 unspecified atom stereocenters. The number of aryl methyl sites for hydroxylation is 2. The first-order valence-electron chi connectivity index (χ1n) is 8.01. The molecule has 1 aromatic rings. The number of hydrogen-bond acceptors (Lipinski definition) is 0. The Hall–Kier alpha value is -0.720. The molecule has 0 aliphatic carbocycles. The standard InChI is InChI=1S/C17H31N/c1-3-5-6-7-8-9-10-11-14-18-15-13-17(16-18)12-4-2/h13,15-16H,3-12,14H2,1-2H3. The van der Waals surface area contributed by atoms with Crippen LogP contribution >= 0.6 is 0 Å². The number of unbranched alkanes of at least 4 members (excludes halogenated alkanes) is 7. The van der Waals surface area contributed by atoms with Gasteiger partial charge in [-0.3, -0.25) is 0 Å². The number of nitrogens with zero attached hydrogens (tertiary/aromatic N) is 1. The van der Waals surface area contributed by atoms with Crippen molar-refractivity contribution in [2.24, 2.45) is 0 Å². The fraction of sp³-hybridized carbons (Fsp3) is 0.765. The summed E-state index contributed by atoms with van der Waals surface area (Å²) in [5, 5.41) is 0. The van der Waals surface area contributed by atoms with E-state index >= 15 is 0 Å². The maximum atomic E-state index is 2.36. The molecule has 104 valence electrons. The summed E-state index contributed by atoms with van der Waals surface area (Å²) in [7, 11) is 0. The van der Waals surface area contributed by atoms with E-state index in [0.29, 0.717) is 0 Å². The first-order valence-corrected chi connectivity index (χ1v) is 8.01. The molecule has 0 aliphatic rings. The molecule has 1 nitrogen and oxygen atoms in total. The summed E-state index contributed by atoms with van der Waals surface area (Å²) < 4.78 is 2.36. The topological polar surface area (TPSA) is 4.93 Å². The van der Waals surface area contributed by atoms with Crippen LogP contribution in [0.3, 0.4) is 0 Å². The van der Waals surface area contributed by atoms with Gasteiger partial charge in [-0.2, -0.15) is 0 Å². The fourth-order valence-electron chi connectivity index (χ4n) is 2.49. The Bertz CT molecular complexity index is 288. The van der Waals surface area contributed by atoms with Gasteiger partial charge in [-0.1, -0.05) is 65.2 Å². The molecule has 0 saturated heterocycles.